The molecule has 8 heteroatoms. The Hall–Kier alpha value is -2.87. The molecular weight excluding hydrogens is 338 g/mol. The van der Waals surface area contributed by atoms with E-state index in [1.807, 2.05) is 49.0 Å². The second kappa shape index (κ2) is 5.89. The lowest BCUT2D eigenvalue weighted by Crippen LogP contribution is -2.28. The van der Waals surface area contributed by atoms with Crippen molar-refractivity contribution in [3.63, 3.8) is 0 Å². The molecule has 7 nitrogen and oxygen atoms in total. The van der Waals surface area contributed by atoms with Crippen LogP contribution in [0, 0.1) is 0 Å². The second-order valence-electron chi connectivity index (χ2n) is 5.84. The summed E-state index contributed by atoms with van der Waals surface area (Å²) in [5.74, 6) is 0.624. The first-order valence-corrected chi connectivity index (χ1v) is 8.68. The zero-order chi connectivity index (χ0) is 17.6. The maximum Gasteiger partial charge on any atom is 0.268 e. The van der Waals surface area contributed by atoms with E-state index in [4.69, 9.17) is 4.74 Å². The summed E-state index contributed by atoms with van der Waals surface area (Å²) < 4.78 is 8.84. The molecule has 0 unspecified atom stereocenters. The summed E-state index contributed by atoms with van der Waals surface area (Å²) in [6.07, 6.45) is 1.84. The Bertz CT molecular complexity index is 1050. The Labute approximate surface area is 147 Å². The molecule has 0 aliphatic carbocycles. The van der Waals surface area contributed by atoms with E-state index in [-0.39, 0.29) is 11.9 Å². The van der Waals surface area contributed by atoms with Crippen molar-refractivity contribution >= 4 is 33.1 Å². The number of hydrogen-bond acceptors (Lipinski definition) is 5. The van der Waals surface area contributed by atoms with Gasteiger partial charge in [-0.05, 0) is 31.2 Å². The number of nitrogens with one attached hydrogen (secondary N) is 1. The van der Waals surface area contributed by atoms with Crippen molar-refractivity contribution in [2.75, 3.05) is 7.11 Å². The summed E-state index contributed by atoms with van der Waals surface area (Å²) in [6.45, 7) is 1.91. The van der Waals surface area contributed by atoms with Crippen LogP contribution in [0.4, 0.5) is 0 Å². The van der Waals surface area contributed by atoms with E-state index >= 15 is 0 Å². The molecule has 128 valence electrons. The molecule has 0 aliphatic heterocycles. The van der Waals surface area contributed by atoms with Gasteiger partial charge in [-0.3, -0.25) is 4.79 Å². The molecule has 0 spiro atoms. The highest BCUT2D eigenvalue weighted by molar-refractivity contribution is 7.14. The molecule has 1 aromatic carbocycles. The quantitative estimate of drug-likeness (QED) is 0.611. The van der Waals surface area contributed by atoms with E-state index in [2.05, 4.69) is 15.4 Å². The highest BCUT2D eigenvalue weighted by Gasteiger charge is 2.18. The van der Waals surface area contributed by atoms with Crippen molar-refractivity contribution in [2.24, 2.45) is 7.05 Å². The first-order chi connectivity index (χ1) is 12.1. The lowest BCUT2D eigenvalue weighted by atomic mass is 10.2. The normalized spacial score (nSPS) is 12.6. The van der Waals surface area contributed by atoms with Gasteiger partial charge in [0, 0.05) is 18.0 Å². The van der Waals surface area contributed by atoms with E-state index in [1.54, 1.807) is 17.1 Å². The van der Waals surface area contributed by atoms with Crippen molar-refractivity contribution < 1.29 is 9.53 Å². The minimum absolute atomic E-state index is 0.144. The van der Waals surface area contributed by atoms with Crippen LogP contribution in [0.15, 0.2) is 36.0 Å². The number of carbonyl (C=O) groups excluding carboxylic acids is 1. The Morgan fingerprint density at radius 1 is 1.36 bits per heavy atom. The van der Waals surface area contributed by atoms with Crippen molar-refractivity contribution in [3.05, 3.63) is 47.4 Å². The van der Waals surface area contributed by atoms with Gasteiger partial charge in [0.25, 0.3) is 5.91 Å². The third-order valence-corrected chi connectivity index (χ3v) is 4.97. The molecule has 0 saturated heterocycles. The van der Waals surface area contributed by atoms with Crippen molar-refractivity contribution in [2.45, 2.75) is 13.0 Å². The van der Waals surface area contributed by atoms with Gasteiger partial charge in [0.1, 0.15) is 17.0 Å². The van der Waals surface area contributed by atoms with Gasteiger partial charge in [-0.2, -0.15) is 5.10 Å². The number of imidazole rings is 1. The van der Waals surface area contributed by atoms with Crippen molar-refractivity contribution in [3.8, 4) is 5.75 Å². The first-order valence-electron chi connectivity index (χ1n) is 7.80. The Balaban J connectivity index is 1.60. The fourth-order valence-electron chi connectivity index (χ4n) is 2.88. The summed E-state index contributed by atoms with van der Waals surface area (Å²) in [4.78, 5) is 18.0. The molecule has 0 aliphatic rings. The van der Waals surface area contributed by atoms with Crippen molar-refractivity contribution in [1.82, 2.24) is 24.5 Å². The summed E-state index contributed by atoms with van der Waals surface area (Å²) >= 11 is 1.46. The average molecular weight is 355 g/mol. The summed E-state index contributed by atoms with van der Waals surface area (Å²) in [6, 6.07) is 7.41. The fraction of sp³-hybridized carbons (Fsp3) is 0.235. The fourth-order valence-corrected chi connectivity index (χ4v) is 3.49. The van der Waals surface area contributed by atoms with Crippen LogP contribution in [0.3, 0.4) is 0 Å². The lowest BCUT2D eigenvalue weighted by Gasteiger charge is -2.12. The maximum atomic E-state index is 12.7. The summed E-state index contributed by atoms with van der Waals surface area (Å²) in [7, 11) is 3.51. The van der Waals surface area contributed by atoms with Crippen LogP contribution in [-0.4, -0.2) is 32.2 Å². The van der Waals surface area contributed by atoms with E-state index in [1.165, 1.54) is 11.3 Å². The molecule has 3 aromatic heterocycles. The zero-order valence-corrected chi connectivity index (χ0v) is 14.9. The van der Waals surface area contributed by atoms with Crippen LogP contribution in [-0.2, 0) is 7.05 Å². The van der Waals surface area contributed by atoms with Crippen molar-refractivity contribution in [1.29, 1.82) is 0 Å². The molecule has 0 fully saturated rings. The molecule has 25 heavy (non-hydrogen) atoms. The number of benzene rings is 1. The molecule has 0 bridgehead atoms. The monoisotopic (exact) mass is 355 g/mol. The van der Waals surface area contributed by atoms with Crippen LogP contribution in [0.1, 0.15) is 29.1 Å². The topological polar surface area (TPSA) is 73.4 Å². The highest BCUT2D eigenvalue weighted by atomic mass is 32.1. The average Bonchev–Trinajstić information content (AvgIpc) is 3.27. The van der Waals surface area contributed by atoms with E-state index in [0.29, 0.717) is 5.69 Å². The predicted molar refractivity (Wildman–Crippen MR) is 96.2 cm³/mol. The van der Waals surface area contributed by atoms with Gasteiger partial charge in [-0.25, -0.2) is 9.50 Å². The van der Waals surface area contributed by atoms with Crippen LogP contribution in [0.2, 0.25) is 0 Å². The first kappa shape index (κ1) is 15.6. The number of methoxy groups -OCH3 is 1. The third-order valence-electron chi connectivity index (χ3n) is 4.28. The number of carbonyl (C=O) groups is 1. The molecule has 0 saturated carbocycles. The molecular formula is C17H17N5O2S. The van der Waals surface area contributed by atoms with Crippen LogP contribution >= 0.6 is 11.3 Å². The number of ether oxygens (including phenoxy) is 1. The zero-order valence-electron chi connectivity index (χ0n) is 14.1. The van der Waals surface area contributed by atoms with Crippen LogP contribution in [0.25, 0.3) is 15.9 Å². The minimum atomic E-state index is -0.214. The van der Waals surface area contributed by atoms with Crippen LogP contribution in [0.5, 0.6) is 5.75 Å². The molecule has 4 aromatic rings. The second-order valence-corrected chi connectivity index (χ2v) is 6.65. The standard InChI is InChI=1S/C17H17N5O2S/c1-10(13-8-22-17(20-13)25-9-18-22)19-16(23)15-7-11-6-12(24-3)4-5-14(11)21(15)2/h4-10H,1-3H3,(H,19,23)/t10-/m1/s1. The SMILES string of the molecule is COc1ccc2c(c1)cc(C(=O)N[C@H](C)c1cn3ncsc3n1)n2C. The predicted octanol–water partition coefficient (Wildman–Crippen LogP) is 2.78. The van der Waals surface area contributed by atoms with Gasteiger partial charge in [-0.15, -0.1) is 0 Å². The van der Waals surface area contributed by atoms with Gasteiger partial charge >= 0.3 is 0 Å². The van der Waals surface area contributed by atoms with Crippen LogP contribution < -0.4 is 10.1 Å². The van der Waals surface area contributed by atoms with Gasteiger partial charge in [0.2, 0.25) is 4.96 Å². The Kier molecular flexibility index (Phi) is 3.69. The number of rotatable bonds is 4. The lowest BCUT2D eigenvalue weighted by molar-refractivity contribution is 0.0931. The van der Waals surface area contributed by atoms with Gasteiger partial charge in [0.05, 0.1) is 25.0 Å². The smallest absolute Gasteiger partial charge is 0.268 e. The summed E-state index contributed by atoms with van der Waals surface area (Å²) in [5, 5.41) is 8.13. The highest BCUT2D eigenvalue weighted by Crippen LogP contribution is 2.24. The van der Waals surface area contributed by atoms with Gasteiger partial charge in [-0.1, -0.05) is 11.3 Å². The number of amides is 1. The molecule has 1 N–H and O–H groups in total. The third kappa shape index (κ3) is 2.64. The number of fused-ring (bicyclic) bond motifs is 2. The minimum Gasteiger partial charge on any atom is -0.497 e. The summed E-state index contributed by atoms with van der Waals surface area (Å²) in [5.41, 5.74) is 4.09. The van der Waals surface area contributed by atoms with Gasteiger partial charge in [0.15, 0.2) is 0 Å². The molecule has 3 heterocycles. The maximum absolute atomic E-state index is 12.7. The van der Waals surface area contributed by atoms with Gasteiger partial charge < -0.3 is 14.6 Å². The largest absolute Gasteiger partial charge is 0.497 e. The molecule has 4 rings (SSSR count). The Morgan fingerprint density at radius 3 is 2.96 bits per heavy atom. The Morgan fingerprint density at radius 2 is 2.20 bits per heavy atom. The molecule has 1 atom stereocenters. The number of hydrogen-bond donors (Lipinski definition) is 1. The van der Waals surface area contributed by atoms with E-state index in [0.717, 1.165) is 27.3 Å². The molecule has 1 amide bonds. The van der Waals surface area contributed by atoms with E-state index in [9.17, 15) is 4.79 Å². The number of aryl methyl sites for hydroxylation is 1. The molecule has 0 radical (unpaired) electrons. The number of aromatic nitrogens is 4. The van der Waals surface area contributed by atoms with E-state index < -0.39 is 0 Å². The number of nitrogens with zero attached hydrogens (tertiary/aromatic N) is 4.